The lowest BCUT2D eigenvalue weighted by atomic mass is 10.1. The Morgan fingerprint density at radius 3 is 2.46 bits per heavy atom. The molecule has 0 unspecified atom stereocenters. The number of anilines is 1. The van der Waals surface area contributed by atoms with Crippen LogP contribution in [0.3, 0.4) is 0 Å². The zero-order valence-corrected chi connectivity index (χ0v) is 15.8. The Morgan fingerprint density at radius 1 is 1.15 bits per heavy atom. The van der Waals surface area contributed by atoms with Crippen molar-refractivity contribution >= 4 is 11.7 Å². The molecular formula is C20H27N3O3. The van der Waals surface area contributed by atoms with E-state index in [9.17, 15) is 4.79 Å². The van der Waals surface area contributed by atoms with Crippen molar-refractivity contribution in [2.24, 2.45) is 11.7 Å². The van der Waals surface area contributed by atoms with E-state index < -0.39 is 0 Å². The number of ether oxygens (including phenoxy) is 2. The van der Waals surface area contributed by atoms with Crippen molar-refractivity contribution in [2.75, 3.05) is 11.9 Å². The van der Waals surface area contributed by atoms with Crippen LogP contribution < -0.4 is 20.5 Å². The highest BCUT2D eigenvalue weighted by molar-refractivity contribution is 6.04. The molecule has 0 aliphatic heterocycles. The van der Waals surface area contributed by atoms with Crippen molar-refractivity contribution in [3.63, 3.8) is 0 Å². The molecule has 2 aromatic rings. The molecule has 0 aliphatic carbocycles. The van der Waals surface area contributed by atoms with Crippen LogP contribution in [0.2, 0.25) is 0 Å². The number of hydrogen-bond donors (Lipinski definition) is 2. The molecule has 0 saturated heterocycles. The highest BCUT2D eigenvalue weighted by Gasteiger charge is 2.12. The molecule has 0 spiro atoms. The third kappa shape index (κ3) is 6.04. The summed E-state index contributed by atoms with van der Waals surface area (Å²) in [6.07, 6.45) is 1.64. The molecule has 0 radical (unpaired) electrons. The summed E-state index contributed by atoms with van der Waals surface area (Å²) >= 11 is 0. The number of carbonyl (C=O) groups excluding carboxylic acids is 1. The average Bonchev–Trinajstić information content (AvgIpc) is 2.60. The number of pyridine rings is 1. The molecule has 2 rings (SSSR count). The highest BCUT2D eigenvalue weighted by Crippen LogP contribution is 2.25. The van der Waals surface area contributed by atoms with Gasteiger partial charge in [0.05, 0.1) is 12.7 Å². The molecule has 6 heteroatoms. The standard InChI is InChI=1S/C20H27N3O3/c1-13(2)12-25-17-7-16(8-18(9-17)26-14(3)4)20(24)23-19-6-5-15(10-21)11-22-19/h5-9,11,13-14H,10,12,21H2,1-4H3,(H,22,23,24). The van der Waals surface area contributed by atoms with E-state index in [0.29, 0.717) is 41.9 Å². The zero-order chi connectivity index (χ0) is 19.1. The summed E-state index contributed by atoms with van der Waals surface area (Å²) in [6.45, 7) is 8.98. The quantitative estimate of drug-likeness (QED) is 0.753. The lowest BCUT2D eigenvalue weighted by Gasteiger charge is -2.15. The van der Waals surface area contributed by atoms with Crippen LogP contribution in [-0.4, -0.2) is 23.6 Å². The maximum Gasteiger partial charge on any atom is 0.257 e. The van der Waals surface area contributed by atoms with E-state index in [1.54, 1.807) is 30.5 Å². The minimum absolute atomic E-state index is 0.00302. The van der Waals surface area contributed by atoms with Gasteiger partial charge in [0.25, 0.3) is 5.91 Å². The molecule has 6 nitrogen and oxygen atoms in total. The minimum atomic E-state index is -0.276. The first-order chi connectivity index (χ1) is 12.4. The fourth-order valence-electron chi connectivity index (χ4n) is 2.20. The van der Waals surface area contributed by atoms with Crippen molar-refractivity contribution in [1.29, 1.82) is 0 Å². The molecular weight excluding hydrogens is 330 g/mol. The lowest BCUT2D eigenvalue weighted by Crippen LogP contribution is -2.15. The van der Waals surface area contributed by atoms with Crippen LogP contribution >= 0.6 is 0 Å². The number of aromatic nitrogens is 1. The molecule has 0 saturated carbocycles. The molecule has 1 aromatic heterocycles. The number of amides is 1. The van der Waals surface area contributed by atoms with Gasteiger partial charge in [0.15, 0.2) is 0 Å². The fourth-order valence-corrected chi connectivity index (χ4v) is 2.20. The van der Waals surface area contributed by atoms with Gasteiger partial charge in [-0.2, -0.15) is 0 Å². The van der Waals surface area contributed by atoms with E-state index >= 15 is 0 Å². The Morgan fingerprint density at radius 2 is 1.88 bits per heavy atom. The Balaban J connectivity index is 2.20. The van der Waals surface area contributed by atoms with Crippen LogP contribution in [0.25, 0.3) is 0 Å². The van der Waals surface area contributed by atoms with Crippen molar-refractivity contribution in [3.8, 4) is 11.5 Å². The van der Waals surface area contributed by atoms with Crippen LogP contribution in [0.1, 0.15) is 43.6 Å². The number of nitrogens with zero attached hydrogens (tertiary/aromatic N) is 1. The molecule has 140 valence electrons. The Labute approximate surface area is 154 Å². The summed E-state index contributed by atoms with van der Waals surface area (Å²) in [5.41, 5.74) is 6.91. The molecule has 1 amide bonds. The third-order valence-corrected chi connectivity index (χ3v) is 3.40. The topological polar surface area (TPSA) is 86.5 Å². The van der Waals surface area contributed by atoms with Gasteiger partial charge in [-0.25, -0.2) is 4.98 Å². The van der Waals surface area contributed by atoms with E-state index in [4.69, 9.17) is 15.2 Å². The van der Waals surface area contributed by atoms with Gasteiger partial charge in [-0.05, 0) is 43.5 Å². The van der Waals surface area contributed by atoms with Crippen LogP contribution in [-0.2, 0) is 6.54 Å². The average molecular weight is 357 g/mol. The Kier molecular flexibility index (Phi) is 6.97. The van der Waals surface area contributed by atoms with E-state index in [-0.39, 0.29) is 12.0 Å². The zero-order valence-electron chi connectivity index (χ0n) is 15.8. The summed E-state index contributed by atoms with van der Waals surface area (Å²) in [5, 5.41) is 2.78. The number of nitrogens with one attached hydrogen (secondary N) is 1. The van der Waals surface area contributed by atoms with Gasteiger partial charge < -0.3 is 20.5 Å². The first-order valence-corrected chi connectivity index (χ1v) is 8.78. The fraction of sp³-hybridized carbons (Fsp3) is 0.400. The first-order valence-electron chi connectivity index (χ1n) is 8.78. The van der Waals surface area contributed by atoms with Gasteiger partial charge in [-0.15, -0.1) is 0 Å². The molecule has 26 heavy (non-hydrogen) atoms. The van der Waals surface area contributed by atoms with Crippen molar-refractivity contribution < 1.29 is 14.3 Å². The summed E-state index contributed by atoms with van der Waals surface area (Å²) in [6, 6.07) is 8.77. The molecule has 0 atom stereocenters. The van der Waals surface area contributed by atoms with Crippen molar-refractivity contribution in [2.45, 2.75) is 40.3 Å². The normalized spacial score (nSPS) is 10.9. The number of nitrogens with two attached hydrogens (primary N) is 1. The van der Waals surface area contributed by atoms with E-state index in [0.717, 1.165) is 5.56 Å². The summed E-state index contributed by atoms with van der Waals surface area (Å²) < 4.78 is 11.5. The maximum absolute atomic E-state index is 12.6. The van der Waals surface area contributed by atoms with Gasteiger partial charge in [0.2, 0.25) is 0 Å². The van der Waals surface area contributed by atoms with Gasteiger partial charge in [0, 0.05) is 24.4 Å². The summed E-state index contributed by atoms with van der Waals surface area (Å²) in [4.78, 5) is 16.8. The minimum Gasteiger partial charge on any atom is -0.493 e. The van der Waals surface area contributed by atoms with Crippen molar-refractivity contribution in [3.05, 3.63) is 47.7 Å². The number of carbonyl (C=O) groups is 1. The highest BCUT2D eigenvalue weighted by atomic mass is 16.5. The molecule has 3 N–H and O–H groups in total. The van der Waals surface area contributed by atoms with Crippen LogP contribution in [0.5, 0.6) is 11.5 Å². The van der Waals surface area contributed by atoms with Gasteiger partial charge in [0.1, 0.15) is 17.3 Å². The summed E-state index contributed by atoms with van der Waals surface area (Å²) in [5.74, 6) is 1.77. The molecule has 1 aromatic carbocycles. The van der Waals surface area contributed by atoms with Gasteiger partial charge in [-0.1, -0.05) is 19.9 Å². The second-order valence-corrected chi connectivity index (χ2v) is 6.77. The van der Waals surface area contributed by atoms with Crippen LogP contribution in [0.4, 0.5) is 5.82 Å². The largest absolute Gasteiger partial charge is 0.493 e. The second kappa shape index (κ2) is 9.20. The predicted molar refractivity (Wildman–Crippen MR) is 103 cm³/mol. The number of rotatable bonds is 8. The van der Waals surface area contributed by atoms with Gasteiger partial charge >= 0.3 is 0 Å². The Bertz CT molecular complexity index is 728. The summed E-state index contributed by atoms with van der Waals surface area (Å²) in [7, 11) is 0. The SMILES string of the molecule is CC(C)COc1cc(OC(C)C)cc(C(=O)Nc2ccc(CN)cn2)c1. The second-order valence-electron chi connectivity index (χ2n) is 6.77. The van der Waals surface area contributed by atoms with Crippen molar-refractivity contribution in [1.82, 2.24) is 4.98 Å². The van der Waals surface area contributed by atoms with E-state index in [1.165, 1.54) is 0 Å². The monoisotopic (exact) mass is 357 g/mol. The molecule has 0 bridgehead atoms. The first kappa shape index (κ1) is 19.7. The molecule has 0 aliphatic rings. The van der Waals surface area contributed by atoms with E-state index in [1.807, 2.05) is 19.9 Å². The van der Waals surface area contributed by atoms with E-state index in [2.05, 4.69) is 24.1 Å². The van der Waals surface area contributed by atoms with Crippen LogP contribution in [0.15, 0.2) is 36.5 Å². The van der Waals surface area contributed by atoms with Gasteiger partial charge in [-0.3, -0.25) is 4.79 Å². The predicted octanol–water partition coefficient (Wildman–Crippen LogP) is 3.61. The third-order valence-electron chi connectivity index (χ3n) is 3.40. The lowest BCUT2D eigenvalue weighted by molar-refractivity contribution is 0.102. The number of benzene rings is 1. The maximum atomic E-state index is 12.6. The molecule has 1 heterocycles. The van der Waals surface area contributed by atoms with Crippen LogP contribution in [0, 0.1) is 5.92 Å². The smallest absolute Gasteiger partial charge is 0.257 e. The Hall–Kier alpha value is -2.60. The molecule has 0 fully saturated rings. The number of hydrogen-bond acceptors (Lipinski definition) is 5.